The number of nitrogens with two attached hydrogens (primary N) is 2. The van der Waals surface area contributed by atoms with Gasteiger partial charge in [-0.15, -0.1) is 0 Å². The Labute approximate surface area is 94.9 Å². The van der Waals surface area contributed by atoms with E-state index >= 15 is 0 Å². The Morgan fingerprint density at radius 1 is 1.06 bits per heavy atom. The van der Waals surface area contributed by atoms with Crippen LogP contribution in [0, 0.1) is 0 Å². The summed E-state index contributed by atoms with van der Waals surface area (Å²) >= 11 is 0. The molecule has 0 aliphatic rings. The van der Waals surface area contributed by atoms with Crippen LogP contribution < -0.4 is 22.5 Å². The Bertz CT molecular complexity index is 202. The number of carbonyl (C=O) groups excluding carboxylic acids is 2. The number of hydroxylamine groups is 2. The Kier molecular flexibility index (Phi) is 9.71. The van der Waals surface area contributed by atoms with E-state index in [2.05, 4.69) is 0 Å². The minimum absolute atomic E-state index is 0.560. The lowest BCUT2D eigenvalue weighted by atomic mass is 10.2. The highest BCUT2D eigenvalue weighted by molar-refractivity contribution is 5.83. The lowest BCUT2D eigenvalue weighted by molar-refractivity contribution is -0.173. The van der Waals surface area contributed by atoms with Crippen molar-refractivity contribution in [2.75, 3.05) is 0 Å². The highest BCUT2D eigenvalue weighted by atomic mass is 16.5. The van der Waals surface area contributed by atoms with Gasteiger partial charge in [-0.05, 0) is 13.8 Å². The van der Waals surface area contributed by atoms with Crippen molar-refractivity contribution >= 4 is 11.8 Å². The van der Waals surface area contributed by atoms with Gasteiger partial charge in [0.2, 0.25) is 0 Å². The summed E-state index contributed by atoms with van der Waals surface area (Å²) in [6, 6.07) is -1.88. The first-order valence-electron chi connectivity index (χ1n) is 4.93. The first-order valence-corrected chi connectivity index (χ1v) is 4.93. The molecule has 0 radical (unpaired) electrons. The number of rotatable bonds is 4. The van der Waals surface area contributed by atoms with E-state index in [0.717, 1.165) is 0 Å². The first kappa shape index (κ1) is 17.2. The molecular weight excluding hydrogens is 214 g/mol. The normalized spacial score (nSPS) is 13.2. The molecule has 0 aliphatic heterocycles. The van der Waals surface area contributed by atoms with Crippen molar-refractivity contribution in [3.8, 4) is 0 Å². The van der Waals surface area contributed by atoms with Crippen molar-refractivity contribution in [2.24, 2.45) is 11.7 Å². The molecule has 7 N–H and O–H groups in total. The van der Waals surface area contributed by atoms with Gasteiger partial charge >= 0.3 is 0 Å². The minimum Gasteiger partial charge on any atom is -0.312 e. The first-order chi connectivity index (χ1) is 7.45. The number of hydrazine groups is 2. The topological polar surface area (TPSA) is 134 Å². The summed E-state index contributed by atoms with van der Waals surface area (Å²) in [6.07, 6.45) is 0. The largest absolute Gasteiger partial charge is 0.312 e. The fraction of sp³-hybridized carbons (Fsp3) is 0.750. The molecule has 2 atom stereocenters. The second kappa shape index (κ2) is 9.04. The van der Waals surface area contributed by atoms with Gasteiger partial charge in [0.25, 0.3) is 11.8 Å². The Morgan fingerprint density at radius 3 is 1.50 bits per heavy atom. The molecule has 96 valence electrons. The quantitative estimate of drug-likeness (QED) is 0.228. The maximum atomic E-state index is 11.0. The van der Waals surface area contributed by atoms with Crippen molar-refractivity contribution < 1.29 is 14.8 Å². The van der Waals surface area contributed by atoms with Gasteiger partial charge in [-0.1, -0.05) is 13.8 Å². The van der Waals surface area contributed by atoms with Crippen LogP contribution in [0.4, 0.5) is 0 Å². The SMILES string of the molecule is CC.CC(C(=O)NN)N(O)C(C)C(=O)NN. The average Bonchev–Trinajstić information content (AvgIpc) is 2.36. The molecule has 8 heteroatoms. The van der Waals surface area contributed by atoms with Crippen LogP contribution in [-0.4, -0.2) is 34.2 Å². The maximum Gasteiger partial charge on any atom is 0.253 e. The molecule has 0 bridgehead atoms. The van der Waals surface area contributed by atoms with E-state index in [0.29, 0.717) is 5.06 Å². The van der Waals surface area contributed by atoms with Crippen molar-refractivity contribution in [2.45, 2.75) is 39.8 Å². The van der Waals surface area contributed by atoms with Crippen LogP contribution in [0.5, 0.6) is 0 Å². The fourth-order valence-corrected chi connectivity index (χ4v) is 0.817. The van der Waals surface area contributed by atoms with Crippen molar-refractivity contribution in [3.05, 3.63) is 0 Å². The predicted octanol–water partition coefficient (Wildman–Crippen LogP) is -1.54. The molecular formula is C8H21N5O3. The monoisotopic (exact) mass is 235 g/mol. The van der Waals surface area contributed by atoms with Crippen LogP contribution in [0.3, 0.4) is 0 Å². The Hall–Kier alpha value is -1.22. The molecule has 0 spiro atoms. The lowest BCUT2D eigenvalue weighted by Crippen LogP contribution is -2.54. The Balaban J connectivity index is 0. The summed E-state index contributed by atoms with van der Waals surface area (Å²) < 4.78 is 0. The second-order valence-electron chi connectivity index (χ2n) is 2.75. The van der Waals surface area contributed by atoms with Crippen LogP contribution >= 0.6 is 0 Å². The molecule has 2 unspecified atom stereocenters. The molecule has 0 rings (SSSR count). The zero-order chi connectivity index (χ0) is 13.3. The van der Waals surface area contributed by atoms with E-state index in [1.54, 1.807) is 0 Å². The standard InChI is InChI=1S/C6H15N5O3.C2H6/c1-3(5(12)9-7)11(14)4(2)6(13)10-8;1-2/h3-4,14H,7-8H2,1-2H3,(H,9,12)(H,10,13);1-2H3. The number of nitrogens with one attached hydrogen (secondary N) is 2. The number of amides is 2. The van der Waals surface area contributed by atoms with Crippen LogP contribution in [-0.2, 0) is 9.59 Å². The molecule has 0 fully saturated rings. The smallest absolute Gasteiger partial charge is 0.253 e. The van der Waals surface area contributed by atoms with Crippen molar-refractivity contribution in [3.63, 3.8) is 0 Å². The van der Waals surface area contributed by atoms with E-state index in [1.807, 2.05) is 24.7 Å². The molecule has 0 aliphatic carbocycles. The van der Waals surface area contributed by atoms with Gasteiger partial charge < -0.3 is 5.21 Å². The van der Waals surface area contributed by atoms with Gasteiger partial charge in [0, 0.05) is 0 Å². The van der Waals surface area contributed by atoms with E-state index in [9.17, 15) is 14.8 Å². The van der Waals surface area contributed by atoms with E-state index in [1.165, 1.54) is 13.8 Å². The maximum absolute atomic E-state index is 11.0. The molecule has 0 saturated carbocycles. The van der Waals surface area contributed by atoms with E-state index in [-0.39, 0.29) is 0 Å². The van der Waals surface area contributed by atoms with Crippen LogP contribution in [0.15, 0.2) is 0 Å². The molecule has 0 aromatic rings. The second-order valence-corrected chi connectivity index (χ2v) is 2.75. The number of hydrogen-bond acceptors (Lipinski definition) is 6. The summed E-state index contributed by atoms with van der Waals surface area (Å²) in [7, 11) is 0. The summed E-state index contributed by atoms with van der Waals surface area (Å²) in [5.74, 6) is 8.50. The van der Waals surface area contributed by atoms with E-state index < -0.39 is 23.9 Å². The van der Waals surface area contributed by atoms with Gasteiger partial charge in [0.1, 0.15) is 12.1 Å². The van der Waals surface area contributed by atoms with Gasteiger partial charge in [-0.2, -0.15) is 5.06 Å². The van der Waals surface area contributed by atoms with Crippen molar-refractivity contribution in [1.29, 1.82) is 0 Å². The summed E-state index contributed by atoms with van der Waals surface area (Å²) in [6.45, 7) is 6.78. The Morgan fingerprint density at radius 2 is 1.31 bits per heavy atom. The predicted molar refractivity (Wildman–Crippen MR) is 58.6 cm³/mol. The number of nitrogens with zero attached hydrogens (tertiary/aromatic N) is 1. The average molecular weight is 235 g/mol. The third-order valence-corrected chi connectivity index (χ3v) is 1.84. The van der Waals surface area contributed by atoms with Crippen LogP contribution in [0.1, 0.15) is 27.7 Å². The van der Waals surface area contributed by atoms with Gasteiger partial charge in [-0.3, -0.25) is 20.4 Å². The summed E-state index contributed by atoms with van der Waals surface area (Å²) in [5.41, 5.74) is 3.71. The summed E-state index contributed by atoms with van der Waals surface area (Å²) in [5, 5.41) is 9.95. The molecule has 0 aromatic carbocycles. The molecule has 0 heterocycles. The molecule has 2 amide bonds. The lowest BCUT2D eigenvalue weighted by Gasteiger charge is -2.25. The molecule has 0 aromatic heterocycles. The number of hydrogen-bond donors (Lipinski definition) is 5. The van der Waals surface area contributed by atoms with Crippen LogP contribution in [0.25, 0.3) is 0 Å². The van der Waals surface area contributed by atoms with Crippen LogP contribution in [0.2, 0.25) is 0 Å². The van der Waals surface area contributed by atoms with Crippen molar-refractivity contribution in [1.82, 2.24) is 15.9 Å². The molecule has 0 saturated heterocycles. The zero-order valence-electron chi connectivity index (χ0n) is 10.0. The van der Waals surface area contributed by atoms with Gasteiger partial charge in [0.05, 0.1) is 0 Å². The minimum atomic E-state index is -0.938. The molecule has 16 heavy (non-hydrogen) atoms. The highest BCUT2D eigenvalue weighted by Crippen LogP contribution is 2.01. The summed E-state index contributed by atoms with van der Waals surface area (Å²) in [4.78, 5) is 21.9. The number of carbonyl (C=O) groups is 2. The third kappa shape index (κ3) is 5.03. The van der Waals surface area contributed by atoms with Gasteiger partial charge in [-0.25, -0.2) is 11.7 Å². The zero-order valence-corrected chi connectivity index (χ0v) is 10.0. The highest BCUT2D eigenvalue weighted by Gasteiger charge is 2.27. The van der Waals surface area contributed by atoms with E-state index in [4.69, 9.17) is 11.7 Å². The third-order valence-electron chi connectivity index (χ3n) is 1.84. The molecule has 8 nitrogen and oxygen atoms in total. The fourth-order valence-electron chi connectivity index (χ4n) is 0.817. The van der Waals surface area contributed by atoms with Gasteiger partial charge in [0.15, 0.2) is 0 Å².